The monoisotopic (exact) mass is 376 g/mol. The van der Waals surface area contributed by atoms with Gasteiger partial charge in [-0.25, -0.2) is 0 Å². The lowest BCUT2D eigenvalue weighted by atomic mass is 9.99. The number of hydrogen-bond donors (Lipinski definition) is 1. The van der Waals surface area contributed by atoms with Crippen LogP contribution in [-0.2, 0) is 9.59 Å². The highest BCUT2D eigenvalue weighted by molar-refractivity contribution is 7.08. The molecule has 1 N–H and O–H groups in total. The molecular formula is C19H21ClN2O2S. The SMILES string of the molecule is CC(C)N1CC(C(=O)NC(c2ccc(Cl)cc2)c2ccsc2)CC1=O. The van der Waals surface area contributed by atoms with Crippen LogP contribution in [0.5, 0.6) is 0 Å². The maximum Gasteiger partial charge on any atom is 0.226 e. The highest BCUT2D eigenvalue weighted by atomic mass is 35.5. The number of halogens is 1. The number of likely N-dealkylation sites (tertiary alicyclic amines) is 1. The van der Waals surface area contributed by atoms with Crippen LogP contribution in [0.2, 0.25) is 5.02 Å². The number of benzene rings is 1. The van der Waals surface area contributed by atoms with Crippen LogP contribution in [0.1, 0.15) is 37.4 Å². The summed E-state index contributed by atoms with van der Waals surface area (Å²) in [7, 11) is 0. The first-order chi connectivity index (χ1) is 12.0. The normalized spacial score (nSPS) is 18.6. The largest absolute Gasteiger partial charge is 0.345 e. The van der Waals surface area contributed by atoms with Crippen LogP contribution >= 0.6 is 22.9 Å². The van der Waals surface area contributed by atoms with Crippen molar-refractivity contribution in [2.45, 2.75) is 32.4 Å². The van der Waals surface area contributed by atoms with Crippen LogP contribution in [-0.4, -0.2) is 29.3 Å². The standard InChI is InChI=1S/C19H21ClN2O2S/c1-12(2)22-10-15(9-17(22)23)19(24)21-18(14-7-8-25-11-14)13-3-5-16(20)6-4-13/h3-8,11-12,15,18H,9-10H2,1-2H3,(H,21,24). The van der Waals surface area contributed by atoms with Crippen molar-refractivity contribution in [1.82, 2.24) is 10.2 Å². The molecule has 2 amide bonds. The van der Waals surface area contributed by atoms with Crippen LogP contribution < -0.4 is 5.32 Å². The Morgan fingerprint density at radius 2 is 1.96 bits per heavy atom. The van der Waals surface area contributed by atoms with E-state index in [1.807, 2.05) is 54.9 Å². The number of amides is 2. The van der Waals surface area contributed by atoms with Gasteiger partial charge < -0.3 is 10.2 Å². The fourth-order valence-electron chi connectivity index (χ4n) is 3.12. The topological polar surface area (TPSA) is 49.4 Å². The molecule has 4 nitrogen and oxygen atoms in total. The Kier molecular flexibility index (Phi) is 5.45. The predicted octanol–water partition coefficient (Wildman–Crippen LogP) is 3.86. The molecule has 2 unspecified atom stereocenters. The van der Waals surface area contributed by atoms with Crippen molar-refractivity contribution in [2.24, 2.45) is 5.92 Å². The summed E-state index contributed by atoms with van der Waals surface area (Å²) < 4.78 is 0. The molecule has 0 radical (unpaired) electrons. The molecule has 1 aromatic carbocycles. The molecule has 1 aromatic heterocycles. The number of nitrogens with zero attached hydrogens (tertiary/aromatic N) is 1. The Morgan fingerprint density at radius 3 is 2.52 bits per heavy atom. The van der Waals surface area contributed by atoms with Gasteiger partial charge >= 0.3 is 0 Å². The van der Waals surface area contributed by atoms with E-state index in [0.29, 0.717) is 11.6 Å². The first-order valence-electron chi connectivity index (χ1n) is 8.33. The summed E-state index contributed by atoms with van der Waals surface area (Å²) in [5.41, 5.74) is 2.01. The van der Waals surface area contributed by atoms with Crippen LogP contribution in [0.3, 0.4) is 0 Å². The third kappa shape index (κ3) is 4.05. The van der Waals surface area contributed by atoms with Crippen molar-refractivity contribution >= 4 is 34.8 Å². The predicted molar refractivity (Wildman–Crippen MR) is 101 cm³/mol. The summed E-state index contributed by atoms with van der Waals surface area (Å²) in [4.78, 5) is 26.6. The third-order valence-corrected chi connectivity index (χ3v) is 5.47. The van der Waals surface area contributed by atoms with Crippen LogP contribution in [0.15, 0.2) is 41.1 Å². The molecule has 0 bridgehead atoms. The smallest absolute Gasteiger partial charge is 0.226 e. The highest BCUT2D eigenvalue weighted by Crippen LogP contribution is 2.27. The summed E-state index contributed by atoms with van der Waals surface area (Å²) in [5.74, 6) is -0.334. The van der Waals surface area contributed by atoms with Crippen LogP contribution in [0, 0.1) is 5.92 Å². The maximum absolute atomic E-state index is 12.8. The Balaban J connectivity index is 1.78. The van der Waals surface area contributed by atoms with Gasteiger partial charge in [0, 0.05) is 24.0 Å². The summed E-state index contributed by atoms with van der Waals surface area (Å²) in [6.45, 7) is 4.43. The Morgan fingerprint density at radius 1 is 1.24 bits per heavy atom. The third-order valence-electron chi connectivity index (χ3n) is 4.52. The van der Waals surface area contributed by atoms with Crippen molar-refractivity contribution in [3.05, 3.63) is 57.2 Å². The van der Waals surface area contributed by atoms with Crippen molar-refractivity contribution in [3.8, 4) is 0 Å². The van der Waals surface area contributed by atoms with E-state index >= 15 is 0 Å². The number of rotatable bonds is 5. The fourth-order valence-corrected chi connectivity index (χ4v) is 3.93. The van der Waals surface area contributed by atoms with Gasteiger partial charge in [-0.05, 0) is 53.9 Å². The molecule has 1 fully saturated rings. The Bertz CT molecular complexity index is 743. The van der Waals surface area contributed by atoms with Crippen molar-refractivity contribution in [2.75, 3.05) is 6.54 Å². The van der Waals surface area contributed by atoms with E-state index in [1.54, 1.807) is 16.2 Å². The minimum Gasteiger partial charge on any atom is -0.345 e. The Hall–Kier alpha value is -1.85. The number of hydrogen-bond acceptors (Lipinski definition) is 3. The number of nitrogens with one attached hydrogen (secondary N) is 1. The second-order valence-electron chi connectivity index (χ2n) is 6.59. The number of carbonyl (C=O) groups excluding carboxylic acids is 2. The van der Waals surface area contributed by atoms with Crippen molar-refractivity contribution in [3.63, 3.8) is 0 Å². The lowest BCUT2D eigenvalue weighted by Gasteiger charge is -2.22. The van der Waals surface area contributed by atoms with Gasteiger partial charge in [-0.15, -0.1) is 0 Å². The van der Waals surface area contributed by atoms with Gasteiger partial charge in [0.2, 0.25) is 11.8 Å². The molecule has 2 atom stereocenters. The van der Waals surface area contributed by atoms with E-state index in [1.165, 1.54) is 0 Å². The number of thiophene rings is 1. The highest BCUT2D eigenvalue weighted by Gasteiger charge is 2.36. The van der Waals surface area contributed by atoms with E-state index in [9.17, 15) is 9.59 Å². The summed E-state index contributed by atoms with van der Waals surface area (Å²) in [6, 6.07) is 9.37. The molecule has 0 spiro atoms. The van der Waals surface area contributed by atoms with Gasteiger partial charge in [-0.2, -0.15) is 11.3 Å². The molecule has 3 rings (SSSR count). The number of carbonyl (C=O) groups is 2. The molecule has 1 aliphatic rings. The minimum atomic E-state index is -0.302. The molecule has 0 saturated carbocycles. The van der Waals surface area contributed by atoms with Gasteiger partial charge in [0.05, 0.1) is 12.0 Å². The van der Waals surface area contributed by atoms with Crippen LogP contribution in [0.4, 0.5) is 0 Å². The molecule has 2 aromatic rings. The van der Waals surface area contributed by atoms with Gasteiger partial charge in [-0.1, -0.05) is 23.7 Å². The second-order valence-corrected chi connectivity index (χ2v) is 7.81. The molecule has 6 heteroatoms. The fraction of sp³-hybridized carbons (Fsp3) is 0.368. The molecule has 1 saturated heterocycles. The molecule has 132 valence electrons. The van der Waals surface area contributed by atoms with Crippen LogP contribution in [0.25, 0.3) is 0 Å². The van der Waals surface area contributed by atoms with Crippen molar-refractivity contribution in [1.29, 1.82) is 0 Å². The Labute approximate surface area is 156 Å². The molecular weight excluding hydrogens is 356 g/mol. The van der Waals surface area contributed by atoms with E-state index < -0.39 is 0 Å². The summed E-state index contributed by atoms with van der Waals surface area (Å²) in [5, 5.41) is 7.80. The molecule has 25 heavy (non-hydrogen) atoms. The minimum absolute atomic E-state index is 0.0497. The summed E-state index contributed by atoms with van der Waals surface area (Å²) >= 11 is 7.57. The quantitative estimate of drug-likeness (QED) is 0.861. The van der Waals surface area contributed by atoms with Gasteiger partial charge in [-0.3, -0.25) is 9.59 Å². The van der Waals surface area contributed by atoms with E-state index in [2.05, 4.69) is 5.32 Å². The molecule has 1 aliphatic heterocycles. The maximum atomic E-state index is 12.8. The first kappa shape index (κ1) is 18.0. The summed E-state index contributed by atoms with van der Waals surface area (Å²) in [6.07, 6.45) is 0.279. The van der Waals surface area contributed by atoms with Gasteiger partial charge in [0.1, 0.15) is 0 Å². The lowest BCUT2D eigenvalue weighted by Crippen LogP contribution is -2.37. The zero-order valence-corrected chi connectivity index (χ0v) is 15.8. The van der Waals surface area contributed by atoms with E-state index in [4.69, 9.17) is 11.6 Å². The van der Waals surface area contributed by atoms with Gasteiger partial charge in [0.25, 0.3) is 0 Å². The second kappa shape index (κ2) is 7.58. The molecule has 0 aliphatic carbocycles. The first-order valence-corrected chi connectivity index (χ1v) is 9.65. The van der Waals surface area contributed by atoms with E-state index in [0.717, 1.165) is 11.1 Å². The average molecular weight is 377 g/mol. The van der Waals surface area contributed by atoms with Crippen molar-refractivity contribution < 1.29 is 9.59 Å². The zero-order chi connectivity index (χ0) is 18.0. The molecule has 2 heterocycles. The zero-order valence-electron chi connectivity index (χ0n) is 14.2. The van der Waals surface area contributed by atoms with E-state index in [-0.39, 0.29) is 36.2 Å². The average Bonchev–Trinajstić information content (AvgIpc) is 3.23. The lowest BCUT2D eigenvalue weighted by molar-refractivity contribution is -0.130. The van der Waals surface area contributed by atoms with Gasteiger partial charge in [0.15, 0.2) is 0 Å².